The van der Waals surface area contributed by atoms with Crippen LogP contribution in [0.5, 0.6) is 0 Å². The molecule has 0 unspecified atom stereocenters. The highest BCUT2D eigenvalue weighted by atomic mass is 79.9. The fraction of sp³-hybridized carbons (Fsp3) is 0.385. The van der Waals surface area contributed by atoms with Crippen LogP contribution >= 0.6 is 15.9 Å². The zero-order valence-corrected chi connectivity index (χ0v) is 14.4. The monoisotopic (exact) mass is 406 g/mol. The summed E-state index contributed by atoms with van der Waals surface area (Å²) in [6.45, 7) is 0.590. The van der Waals surface area contributed by atoms with Crippen LogP contribution in [-0.2, 0) is 19.6 Å². The van der Waals surface area contributed by atoms with Gasteiger partial charge in [0, 0.05) is 17.6 Å². The number of sulfonamides is 1. The number of carboxylic acids is 1. The van der Waals surface area contributed by atoms with E-state index in [0.717, 1.165) is 0 Å². The molecule has 1 fully saturated rings. The quantitative estimate of drug-likeness (QED) is 0.726. The first-order valence-corrected chi connectivity index (χ1v) is 8.93. The van der Waals surface area contributed by atoms with Crippen LogP contribution in [0.1, 0.15) is 10.4 Å². The van der Waals surface area contributed by atoms with E-state index in [0.29, 0.717) is 17.7 Å². The third kappa shape index (κ3) is 4.28. The fourth-order valence-corrected chi connectivity index (χ4v) is 3.89. The van der Waals surface area contributed by atoms with Gasteiger partial charge in [-0.3, -0.25) is 9.59 Å². The van der Waals surface area contributed by atoms with Crippen molar-refractivity contribution in [1.29, 1.82) is 0 Å². The van der Waals surface area contributed by atoms with Gasteiger partial charge in [0.25, 0.3) is 5.91 Å². The molecular formula is C13H15BrN2O6S. The molecule has 0 radical (unpaired) electrons. The van der Waals surface area contributed by atoms with Crippen molar-refractivity contribution in [2.45, 2.75) is 4.90 Å². The van der Waals surface area contributed by atoms with Crippen molar-refractivity contribution in [3.63, 3.8) is 0 Å². The van der Waals surface area contributed by atoms with Gasteiger partial charge in [0.05, 0.1) is 23.7 Å². The van der Waals surface area contributed by atoms with Crippen LogP contribution in [0.15, 0.2) is 27.6 Å². The molecule has 1 aliphatic rings. The van der Waals surface area contributed by atoms with E-state index in [-0.39, 0.29) is 23.5 Å². The summed E-state index contributed by atoms with van der Waals surface area (Å²) >= 11 is 3.16. The number of amides is 1. The molecule has 2 N–H and O–H groups in total. The summed E-state index contributed by atoms with van der Waals surface area (Å²) in [5.74, 6) is -1.86. The van der Waals surface area contributed by atoms with E-state index in [1.165, 1.54) is 22.5 Å². The second-order valence-electron chi connectivity index (χ2n) is 4.73. The molecule has 1 amide bonds. The first-order valence-electron chi connectivity index (χ1n) is 6.70. The first-order chi connectivity index (χ1) is 10.8. The van der Waals surface area contributed by atoms with Gasteiger partial charge in [-0.25, -0.2) is 8.42 Å². The number of ether oxygens (including phenoxy) is 1. The normalized spacial score (nSPS) is 16.0. The van der Waals surface area contributed by atoms with Crippen LogP contribution in [0.4, 0.5) is 0 Å². The summed E-state index contributed by atoms with van der Waals surface area (Å²) in [7, 11) is -3.73. The number of nitrogens with zero attached hydrogens (tertiary/aromatic N) is 1. The number of nitrogens with one attached hydrogen (secondary N) is 1. The van der Waals surface area contributed by atoms with Gasteiger partial charge in [-0.05, 0) is 34.1 Å². The third-order valence-electron chi connectivity index (χ3n) is 3.19. The van der Waals surface area contributed by atoms with Crippen molar-refractivity contribution in [2.75, 3.05) is 32.8 Å². The largest absolute Gasteiger partial charge is 0.480 e. The van der Waals surface area contributed by atoms with Crippen molar-refractivity contribution in [3.05, 3.63) is 28.2 Å². The molecule has 8 nitrogen and oxygen atoms in total. The lowest BCUT2D eigenvalue weighted by Crippen LogP contribution is -2.40. The molecule has 1 aliphatic heterocycles. The van der Waals surface area contributed by atoms with E-state index in [4.69, 9.17) is 9.84 Å². The molecule has 0 saturated carbocycles. The Kier molecular flexibility index (Phi) is 5.74. The van der Waals surface area contributed by atoms with Gasteiger partial charge in [0.2, 0.25) is 10.0 Å². The van der Waals surface area contributed by atoms with Gasteiger partial charge in [-0.1, -0.05) is 0 Å². The van der Waals surface area contributed by atoms with Crippen LogP contribution in [0, 0.1) is 0 Å². The molecule has 0 atom stereocenters. The number of carbonyl (C=O) groups is 2. The third-order valence-corrected chi connectivity index (χ3v) is 5.78. The molecule has 23 heavy (non-hydrogen) atoms. The van der Waals surface area contributed by atoms with E-state index >= 15 is 0 Å². The number of carbonyl (C=O) groups excluding carboxylic acids is 1. The van der Waals surface area contributed by atoms with Crippen molar-refractivity contribution < 1.29 is 27.9 Å². The van der Waals surface area contributed by atoms with Crippen LogP contribution in [0.25, 0.3) is 0 Å². The smallest absolute Gasteiger partial charge is 0.322 e. The predicted molar refractivity (Wildman–Crippen MR) is 83.7 cm³/mol. The molecule has 0 bridgehead atoms. The van der Waals surface area contributed by atoms with Crippen LogP contribution in [-0.4, -0.2) is 62.6 Å². The summed E-state index contributed by atoms with van der Waals surface area (Å²) in [5.41, 5.74) is 0.0561. The lowest BCUT2D eigenvalue weighted by molar-refractivity contribution is -0.135. The minimum Gasteiger partial charge on any atom is -0.480 e. The number of hydrogen-bond acceptors (Lipinski definition) is 5. The van der Waals surface area contributed by atoms with Crippen molar-refractivity contribution in [1.82, 2.24) is 9.62 Å². The van der Waals surface area contributed by atoms with Crippen LogP contribution < -0.4 is 5.32 Å². The fourth-order valence-electron chi connectivity index (χ4n) is 2.03. The maximum absolute atomic E-state index is 12.6. The molecule has 126 valence electrons. The predicted octanol–water partition coefficient (Wildman–Crippen LogP) is 0.284. The van der Waals surface area contributed by atoms with E-state index in [9.17, 15) is 18.0 Å². The van der Waals surface area contributed by atoms with Gasteiger partial charge in [-0.15, -0.1) is 0 Å². The molecule has 1 aromatic carbocycles. The molecule has 0 aromatic heterocycles. The molecule has 2 rings (SSSR count). The van der Waals surface area contributed by atoms with Gasteiger partial charge in [0.1, 0.15) is 6.54 Å². The lowest BCUT2D eigenvalue weighted by Gasteiger charge is -2.26. The average Bonchev–Trinajstić information content (AvgIpc) is 2.53. The lowest BCUT2D eigenvalue weighted by atomic mass is 10.2. The summed E-state index contributed by atoms with van der Waals surface area (Å²) < 4.78 is 31.9. The second-order valence-corrected chi connectivity index (χ2v) is 7.53. The Morgan fingerprint density at radius 1 is 1.30 bits per heavy atom. The second kappa shape index (κ2) is 7.39. The van der Waals surface area contributed by atoms with Gasteiger partial charge in [0.15, 0.2) is 0 Å². The molecule has 1 saturated heterocycles. The molecule has 1 aromatic rings. The topological polar surface area (TPSA) is 113 Å². The minimum atomic E-state index is -3.73. The Hall–Kier alpha value is -1.49. The maximum atomic E-state index is 12.6. The number of carboxylic acid groups (broad SMARTS) is 1. The zero-order chi connectivity index (χ0) is 17.0. The van der Waals surface area contributed by atoms with Crippen molar-refractivity contribution in [3.8, 4) is 0 Å². The SMILES string of the molecule is O=C(O)CNC(=O)c1cc(S(=O)(=O)N2CCOCC2)ccc1Br. The first kappa shape index (κ1) is 17.9. The Bertz CT molecular complexity index is 715. The Balaban J connectivity index is 2.28. The molecule has 0 spiro atoms. The molecule has 10 heteroatoms. The van der Waals surface area contributed by atoms with Crippen molar-refractivity contribution >= 4 is 37.8 Å². The van der Waals surface area contributed by atoms with E-state index < -0.39 is 28.4 Å². The number of halogens is 1. The Morgan fingerprint density at radius 3 is 2.57 bits per heavy atom. The number of morpholine rings is 1. The molecule has 0 aliphatic carbocycles. The van der Waals surface area contributed by atoms with E-state index in [1.54, 1.807) is 0 Å². The minimum absolute atomic E-state index is 0.0249. The molecular weight excluding hydrogens is 392 g/mol. The van der Waals surface area contributed by atoms with Gasteiger partial charge >= 0.3 is 5.97 Å². The summed E-state index contributed by atoms with van der Waals surface area (Å²) in [4.78, 5) is 22.5. The van der Waals surface area contributed by atoms with Crippen LogP contribution in [0.3, 0.4) is 0 Å². The zero-order valence-electron chi connectivity index (χ0n) is 12.0. The standard InChI is InChI=1S/C13H15BrN2O6S/c14-11-2-1-9(7-10(11)13(19)15-8-12(17)18)23(20,21)16-3-5-22-6-4-16/h1-2,7H,3-6,8H2,(H,15,19)(H,17,18). The number of hydrogen-bond donors (Lipinski definition) is 2. The highest BCUT2D eigenvalue weighted by molar-refractivity contribution is 9.10. The van der Waals surface area contributed by atoms with Gasteiger partial charge in [-0.2, -0.15) is 4.31 Å². The average molecular weight is 407 g/mol. The summed E-state index contributed by atoms with van der Waals surface area (Å²) in [6.07, 6.45) is 0. The molecule has 1 heterocycles. The van der Waals surface area contributed by atoms with Crippen LogP contribution in [0.2, 0.25) is 0 Å². The highest BCUT2D eigenvalue weighted by Crippen LogP contribution is 2.24. The van der Waals surface area contributed by atoms with E-state index in [2.05, 4.69) is 21.2 Å². The highest BCUT2D eigenvalue weighted by Gasteiger charge is 2.27. The maximum Gasteiger partial charge on any atom is 0.322 e. The Labute approximate surface area is 141 Å². The van der Waals surface area contributed by atoms with E-state index in [1.807, 2.05) is 0 Å². The van der Waals surface area contributed by atoms with Crippen molar-refractivity contribution in [2.24, 2.45) is 0 Å². The Morgan fingerprint density at radius 2 is 1.96 bits per heavy atom. The number of rotatable bonds is 5. The van der Waals surface area contributed by atoms with Gasteiger partial charge < -0.3 is 15.2 Å². The summed E-state index contributed by atoms with van der Waals surface area (Å²) in [6, 6.07) is 4.07. The number of aliphatic carboxylic acids is 1. The number of benzene rings is 1. The summed E-state index contributed by atoms with van der Waals surface area (Å²) in [5, 5.41) is 10.8.